The van der Waals surface area contributed by atoms with Crippen molar-refractivity contribution in [3.05, 3.63) is 200 Å². The molecule has 53 heavy (non-hydrogen) atoms. The third-order valence-corrected chi connectivity index (χ3v) is 10.6. The van der Waals surface area contributed by atoms with Gasteiger partial charge in [-0.2, -0.15) is 0 Å². The minimum atomic E-state index is 0.883. The number of benzene rings is 8. The van der Waals surface area contributed by atoms with E-state index in [0.717, 1.165) is 40.9 Å². The number of hydrogen-bond acceptors (Lipinski definition) is 2. The fraction of sp³-hybridized carbons (Fsp3) is 0.0392. The van der Waals surface area contributed by atoms with Crippen LogP contribution in [-0.4, -0.2) is 4.98 Å². The van der Waals surface area contributed by atoms with E-state index in [-0.39, 0.29) is 0 Å². The van der Waals surface area contributed by atoms with Crippen molar-refractivity contribution >= 4 is 66.0 Å². The maximum Gasteiger partial charge on any atom is 0.138 e. The lowest BCUT2D eigenvalue weighted by molar-refractivity contribution is 1.04. The monoisotopic (exact) mass is 676 g/mol. The number of rotatable bonds is 6. The number of hydrogen-bond donors (Lipinski definition) is 0. The quantitative estimate of drug-likeness (QED) is 0.163. The van der Waals surface area contributed by atoms with Gasteiger partial charge in [-0.3, -0.25) is 4.90 Å². The number of pyridine rings is 1. The highest BCUT2D eigenvalue weighted by Crippen LogP contribution is 2.49. The molecule has 0 spiro atoms. The van der Waals surface area contributed by atoms with Crippen molar-refractivity contribution in [2.75, 3.05) is 4.90 Å². The molecule has 250 valence electrons. The molecule has 0 unspecified atom stereocenters. The predicted molar refractivity (Wildman–Crippen MR) is 226 cm³/mol. The summed E-state index contributed by atoms with van der Waals surface area (Å²) in [5, 5.41) is 8.62. The fourth-order valence-corrected chi connectivity index (χ4v) is 8.24. The van der Waals surface area contributed by atoms with Crippen molar-refractivity contribution in [3.8, 4) is 22.3 Å². The van der Waals surface area contributed by atoms with Gasteiger partial charge in [-0.1, -0.05) is 146 Å². The third kappa shape index (κ3) is 5.39. The summed E-state index contributed by atoms with van der Waals surface area (Å²) in [4.78, 5) is 7.48. The predicted octanol–water partition coefficient (Wildman–Crippen LogP) is 14.2. The van der Waals surface area contributed by atoms with Crippen LogP contribution in [0.25, 0.3) is 71.0 Å². The van der Waals surface area contributed by atoms with E-state index < -0.39 is 0 Å². The highest BCUT2D eigenvalue weighted by molar-refractivity contribution is 6.32. The van der Waals surface area contributed by atoms with E-state index in [1.807, 2.05) is 0 Å². The zero-order valence-electron chi connectivity index (χ0n) is 29.3. The van der Waals surface area contributed by atoms with Crippen molar-refractivity contribution in [1.29, 1.82) is 0 Å². The summed E-state index contributed by atoms with van der Waals surface area (Å²) in [5.74, 6) is 0.883. The Hall–Kier alpha value is -6.77. The second-order valence-corrected chi connectivity index (χ2v) is 13.8. The molecule has 1 aliphatic carbocycles. The van der Waals surface area contributed by atoms with Gasteiger partial charge >= 0.3 is 0 Å². The van der Waals surface area contributed by atoms with Crippen molar-refractivity contribution in [2.24, 2.45) is 0 Å². The molecule has 0 N–H and O–H groups in total. The van der Waals surface area contributed by atoms with E-state index in [0.29, 0.717) is 0 Å². The lowest BCUT2D eigenvalue weighted by Crippen LogP contribution is -2.11. The Bertz CT molecular complexity index is 2870. The molecule has 9 aromatic rings. The molecule has 0 atom stereocenters. The van der Waals surface area contributed by atoms with Crippen LogP contribution in [0, 0.1) is 0 Å². The first-order valence-electron chi connectivity index (χ1n) is 18.5. The van der Waals surface area contributed by atoms with Crippen LogP contribution in [0.5, 0.6) is 0 Å². The standard InChI is InChI=1S/C51H36N2/c1-5-17-35(18-6-1)44-34-45(36-19-7-2-8-20-36)50-42-27-15-14-26-41(42)46-33-40(30-31-43(46)51(50)49(44)38-22-9-3-10-23-38)53(39-24-11-4-12-25-39)48-32-29-37-21-13-16-28-47(37)52-48/h2-5,7-34H,1,6H2. The molecule has 1 aliphatic rings. The molecule has 10 rings (SSSR count). The van der Waals surface area contributed by atoms with Gasteiger partial charge in [0.05, 0.1) is 5.52 Å². The second kappa shape index (κ2) is 13.1. The molecule has 0 bridgehead atoms. The van der Waals surface area contributed by atoms with Crippen LogP contribution in [0.15, 0.2) is 194 Å². The molecule has 8 aromatic carbocycles. The molecule has 0 radical (unpaired) electrons. The summed E-state index contributed by atoms with van der Waals surface area (Å²) in [6, 6.07) is 63.6. The van der Waals surface area contributed by atoms with Crippen LogP contribution in [0.3, 0.4) is 0 Å². The molecular weight excluding hydrogens is 641 g/mol. The summed E-state index contributed by atoms with van der Waals surface area (Å²) >= 11 is 0. The zero-order valence-corrected chi connectivity index (χ0v) is 29.3. The van der Waals surface area contributed by atoms with Gasteiger partial charge in [-0.05, 0) is 127 Å². The van der Waals surface area contributed by atoms with Gasteiger partial charge in [0.1, 0.15) is 5.82 Å². The number of allylic oxidation sites excluding steroid dienone is 4. The normalized spacial score (nSPS) is 12.8. The van der Waals surface area contributed by atoms with Gasteiger partial charge in [0.15, 0.2) is 0 Å². The number of nitrogens with zero attached hydrogens (tertiary/aromatic N) is 2. The number of fused-ring (bicyclic) bond motifs is 7. The lowest BCUT2D eigenvalue weighted by atomic mass is 9.80. The smallest absolute Gasteiger partial charge is 0.138 e. The Morgan fingerprint density at radius 3 is 1.91 bits per heavy atom. The summed E-state index contributed by atoms with van der Waals surface area (Å²) in [6.07, 6.45) is 9.17. The van der Waals surface area contributed by atoms with Crippen LogP contribution < -0.4 is 4.90 Å². The van der Waals surface area contributed by atoms with Crippen LogP contribution in [0.1, 0.15) is 18.4 Å². The number of para-hydroxylation sites is 2. The molecule has 0 fully saturated rings. The van der Waals surface area contributed by atoms with Gasteiger partial charge in [0.25, 0.3) is 0 Å². The van der Waals surface area contributed by atoms with Gasteiger partial charge in [-0.25, -0.2) is 4.98 Å². The van der Waals surface area contributed by atoms with Crippen LogP contribution in [0.4, 0.5) is 17.2 Å². The molecule has 1 heterocycles. The molecule has 0 amide bonds. The second-order valence-electron chi connectivity index (χ2n) is 13.8. The van der Waals surface area contributed by atoms with Crippen molar-refractivity contribution in [1.82, 2.24) is 4.98 Å². The summed E-state index contributed by atoms with van der Waals surface area (Å²) in [6.45, 7) is 0. The summed E-state index contributed by atoms with van der Waals surface area (Å²) < 4.78 is 0. The van der Waals surface area contributed by atoms with Crippen molar-refractivity contribution in [2.45, 2.75) is 12.8 Å². The Kier molecular flexibility index (Phi) is 7.66. The first-order chi connectivity index (χ1) is 26.3. The summed E-state index contributed by atoms with van der Waals surface area (Å²) in [5.41, 5.74) is 10.6. The molecule has 2 heteroatoms. The molecule has 0 saturated carbocycles. The highest BCUT2D eigenvalue weighted by Gasteiger charge is 2.23. The zero-order chi connectivity index (χ0) is 35.1. The van der Waals surface area contributed by atoms with Gasteiger partial charge < -0.3 is 0 Å². The highest BCUT2D eigenvalue weighted by atomic mass is 15.2. The Morgan fingerprint density at radius 2 is 1.13 bits per heavy atom. The van der Waals surface area contributed by atoms with Crippen LogP contribution in [0.2, 0.25) is 0 Å². The maximum atomic E-state index is 5.20. The average Bonchev–Trinajstić information content (AvgIpc) is 3.24. The minimum absolute atomic E-state index is 0.883. The van der Waals surface area contributed by atoms with Gasteiger partial charge in [0, 0.05) is 16.8 Å². The summed E-state index contributed by atoms with van der Waals surface area (Å²) in [7, 11) is 0. The van der Waals surface area contributed by atoms with Crippen molar-refractivity contribution in [3.63, 3.8) is 0 Å². The SMILES string of the molecule is C1=CC(c2cc(-c3ccccc3)c3c4ccccc4c4cc(N(c5ccccc5)c5ccc6ccccc6n5)ccc4c3c2-c2ccccc2)=CCC1. The molecule has 0 saturated heterocycles. The molecule has 2 nitrogen and oxygen atoms in total. The van der Waals surface area contributed by atoms with E-state index in [4.69, 9.17) is 4.98 Å². The molecule has 0 aliphatic heterocycles. The van der Waals surface area contributed by atoms with Crippen LogP contribution >= 0.6 is 0 Å². The number of anilines is 3. The Balaban J connectivity index is 1.35. The van der Waals surface area contributed by atoms with E-state index in [9.17, 15) is 0 Å². The van der Waals surface area contributed by atoms with Crippen molar-refractivity contribution < 1.29 is 0 Å². The minimum Gasteiger partial charge on any atom is -0.295 e. The van der Waals surface area contributed by atoms with E-state index in [1.54, 1.807) is 0 Å². The lowest BCUT2D eigenvalue weighted by Gasteiger charge is -2.26. The maximum absolute atomic E-state index is 5.20. The Morgan fingerprint density at radius 1 is 0.453 bits per heavy atom. The van der Waals surface area contributed by atoms with Gasteiger partial charge in [0.2, 0.25) is 0 Å². The van der Waals surface area contributed by atoms with E-state index in [1.165, 1.54) is 65.7 Å². The van der Waals surface area contributed by atoms with E-state index in [2.05, 4.69) is 199 Å². The molecular formula is C51H36N2. The van der Waals surface area contributed by atoms with Crippen LogP contribution in [-0.2, 0) is 0 Å². The van der Waals surface area contributed by atoms with Gasteiger partial charge in [-0.15, -0.1) is 0 Å². The number of aromatic nitrogens is 1. The first-order valence-corrected chi connectivity index (χ1v) is 18.5. The topological polar surface area (TPSA) is 16.1 Å². The largest absolute Gasteiger partial charge is 0.295 e. The third-order valence-electron chi connectivity index (χ3n) is 10.6. The average molecular weight is 677 g/mol. The van der Waals surface area contributed by atoms with E-state index >= 15 is 0 Å². The Labute approximate surface area is 309 Å². The molecule has 1 aromatic heterocycles. The fourth-order valence-electron chi connectivity index (χ4n) is 8.24. The first kappa shape index (κ1) is 31.0.